The molecule has 5 nitrogen and oxygen atoms in total. The lowest BCUT2D eigenvalue weighted by Crippen LogP contribution is -2.67. The SMILES string of the molecule is Cc1c(N)cccc1N1C(=O)C(C)(C)S1(=O)=O. The Labute approximate surface area is 100 Å². The van der Waals surface area contributed by atoms with Gasteiger partial charge in [-0.2, -0.15) is 0 Å². The van der Waals surface area contributed by atoms with Crippen LogP contribution < -0.4 is 10.0 Å². The number of nitrogens with two attached hydrogens (primary N) is 1. The Bertz CT molecular complexity index is 605. The molecule has 1 heterocycles. The van der Waals surface area contributed by atoms with E-state index in [0.29, 0.717) is 16.9 Å². The average molecular weight is 254 g/mol. The van der Waals surface area contributed by atoms with Crippen LogP contribution in [0.1, 0.15) is 19.4 Å². The van der Waals surface area contributed by atoms with Crippen molar-refractivity contribution in [1.82, 2.24) is 0 Å². The molecule has 1 saturated heterocycles. The van der Waals surface area contributed by atoms with Gasteiger partial charge in [0.1, 0.15) is 0 Å². The third kappa shape index (κ3) is 1.30. The number of rotatable bonds is 1. The van der Waals surface area contributed by atoms with E-state index in [9.17, 15) is 13.2 Å². The molecule has 0 bridgehead atoms. The van der Waals surface area contributed by atoms with Crippen molar-refractivity contribution in [3.05, 3.63) is 23.8 Å². The predicted molar refractivity (Wildman–Crippen MR) is 66.1 cm³/mol. The molecule has 1 aliphatic rings. The highest BCUT2D eigenvalue weighted by atomic mass is 32.2. The van der Waals surface area contributed by atoms with Crippen molar-refractivity contribution in [2.75, 3.05) is 10.0 Å². The molecule has 1 aromatic carbocycles. The fourth-order valence-corrected chi connectivity index (χ4v) is 3.29. The Morgan fingerprint density at radius 2 is 1.88 bits per heavy atom. The molecule has 2 rings (SSSR count). The molecule has 1 aliphatic heterocycles. The summed E-state index contributed by atoms with van der Waals surface area (Å²) in [5.41, 5.74) is 7.11. The van der Waals surface area contributed by atoms with E-state index in [1.54, 1.807) is 25.1 Å². The van der Waals surface area contributed by atoms with Crippen molar-refractivity contribution in [2.24, 2.45) is 0 Å². The summed E-state index contributed by atoms with van der Waals surface area (Å²) in [6.07, 6.45) is 0. The van der Waals surface area contributed by atoms with Gasteiger partial charge in [0.05, 0.1) is 5.69 Å². The molecule has 0 spiro atoms. The van der Waals surface area contributed by atoms with E-state index in [1.165, 1.54) is 13.8 Å². The minimum Gasteiger partial charge on any atom is -0.398 e. The number of nitrogen functional groups attached to an aromatic ring is 1. The lowest BCUT2D eigenvalue weighted by molar-refractivity contribution is -0.120. The van der Waals surface area contributed by atoms with Gasteiger partial charge in [-0.05, 0) is 38.5 Å². The van der Waals surface area contributed by atoms with Crippen molar-refractivity contribution in [3.8, 4) is 0 Å². The van der Waals surface area contributed by atoms with E-state index in [0.717, 1.165) is 4.31 Å². The normalized spacial score (nSPS) is 21.1. The Kier molecular flexibility index (Phi) is 2.26. The second kappa shape index (κ2) is 3.22. The zero-order chi connectivity index (χ0) is 13.0. The molecule has 1 fully saturated rings. The van der Waals surface area contributed by atoms with Gasteiger partial charge in [-0.25, -0.2) is 12.7 Å². The third-order valence-corrected chi connectivity index (χ3v) is 5.46. The van der Waals surface area contributed by atoms with Crippen LogP contribution in [0.3, 0.4) is 0 Å². The second-order valence-corrected chi connectivity index (χ2v) is 6.91. The van der Waals surface area contributed by atoms with Crippen LogP contribution in [0.15, 0.2) is 18.2 Å². The second-order valence-electron chi connectivity index (χ2n) is 4.58. The standard InChI is InChI=1S/C11H14N2O3S/c1-7-8(12)5-4-6-9(7)13-10(14)11(2,3)17(13,15)16/h4-6H,12H2,1-3H3. The summed E-state index contributed by atoms with van der Waals surface area (Å²) in [5, 5.41) is 0. The Hall–Kier alpha value is -1.56. The Morgan fingerprint density at radius 3 is 2.41 bits per heavy atom. The zero-order valence-corrected chi connectivity index (χ0v) is 10.7. The first-order chi connectivity index (χ1) is 7.71. The maximum Gasteiger partial charge on any atom is 0.263 e. The van der Waals surface area contributed by atoms with Gasteiger partial charge in [0.25, 0.3) is 15.9 Å². The molecule has 2 N–H and O–H groups in total. The molecule has 17 heavy (non-hydrogen) atoms. The van der Waals surface area contributed by atoms with Crippen LogP contribution >= 0.6 is 0 Å². The molecule has 1 aromatic rings. The van der Waals surface area contributed by atoms with Crippen molar-refractivity contribution in [1.29, 1.82) is 0 Å². The lowest BCUT2D eigenvalue weighted by Gasteiger charge is -2.43. The molecule has 0 unspecified atom stereocenters. The number of anilines is 2. The monoisotopic (exact) mass is 254 g/mol. The molecule has 0 saturated carbocycles. The molecular weight excluding hydrogens is 240 g/mol. The van der Waals surface area contributed by atoms with Gasteiger partial charge >= 0.3 is 0 Å². The summed E-state index contributed by atoms with van der Waals surface area (Å²) < 4.78 is 23.5. The molecular formula is C11H14N2O3S. The smallest absolute Gasteiger partial charge is 0.263 e. The molecule has 92 valence electrons. The average Bonchev–Trinajstić information content (AvgIpc) is 2.24. The number of hydrogen-bond donors (Lipinski definition) is 1. The van der Waals surface area contributed by atoms with Crippen LogP contribution in [0.5, 0.6) is 0 Å². The largest absolute Gasteiger partial charge is 0.398 e. The fraction of sp³-hybridized carbons (Fsp3) is 0.364. The topological polar surface area (TPSA) is 80.5 Å². The number of carbonyl (C=O) groups excluding carboxylic acids is 1. The van der Waals surface area contributed by atoms with Crippen LogP contribution in [0.2, 0.25) is 0 Å². The maximum atomic E-state index is 12.0. The molecule has 6 heteroatoms. The van der Waals surface area contributed by atoms with E-state index >= 15 is 0 Å². The van der Waals surface area contributed by atoms with Crippen LogP contribution in [-0.4, -0.2) is 19.1 Å². The number of amides is 1. The first kappa shape index (κ1) is 11.9. The number of sulfonamides is 1. The third-order valence-electron chi connectivity index (χ3n) is 3.15. The van der Waals surface area contributed by atoms with Gasteiger partial charge in [0.2, 0.25) is 0 Å². The van der Waals surface area contributed by atoms with Gasteiger partial charge in [-0.3, -0.25) is 4.79 Å². The van der Waals surface area contributed by atoms with E-state index in [2.05, 4.69) is 0 Å². The van der Waals surface area contributed by atoms with Crippen LogP contribution in [0, 0.1) is 6.92 Å². The molecule has 0 aromatic heterocycles. The molecule has 0 aliphatic carbocycles. The first-order valence-electron chi connectivity index (χ1n) is 5.15. The van der Waals surface area contributed by atoms with Crippen LogP contribution in [0.25, 0.3) is 0 Å². The minimum absolute atomic E-state index is 0.342. The molecule has 0 atom stereocenters. The van der Waals surface area contributed by atoms with E-state index < -0.39 is 20.7 Å². The summed E-state index contributed by atoms with van der Waals surface area (Å²) in [6.45, 7) is 4.50. The maximum absolute atomic E-state index is 12.0. The van der Waals surface area contributed by atoms with Crippen molar-refractivity contribution < 1.29 is 13.2 Å². The van der Waals surface area contributed by atoms with Crippen LogP contribution in [0.4, 0.5) is 11.4 Å². The van der Waals surface area contributed by atoms with E-state index in [1.807, 2.05) is 0 Å². The van der Waals surface area contributed by atoms with Gasteiger partial charge in [-0.15, -0.1) is 0 Å². The predicted octanol–water partition coefficient (Wildman–Crippen LogP) is 1.03. The summed E-state index contributed by atoms with van der Waals surface area (Å²) >= 11 is 0. The number of nitrogens with zero attached hydrogens (tertiary/aromatic N) is 1. The summed E-state index contributed by atoms with van der Waals surface area (Å²) in [5.74, 6) is -0.425. The first-order valence-corrected chi connectivity index (χ1v) is 6.59. The summed E-state index contributed by atoms with van der Waals surface area (Å²) in [4.78, 5) is 11.9. The van der Waals surface area contributed by atoms with Gasteiger partial charge < -0.3 is 5.73 Å². The van der Waals surface area contributed by atoms with Gasteiger partial charge in [0, 0.05) is 5.69 Å². The highest BCUT2D eigenvalue weighted by molar-refractivity contribution is 7.98. The highest BCUT2D eigenvalue weighted by Crippen LogP contribution is 2.41. The number of hydrogen-bond acceptors (Lipinski definition) is 4. The minimum atomic E-state index is -3.61. The lowest BCUT2D eigenvalue weighted by atomic mass is 10.1. The quantitative estimate of drug-likeness (QED) is 0.759. The summed E-state index contributed by atoms with van der Waals surface area (Å²) in [7, 11) is -3.61. The Balaban J connectivity index is 2.59. The number of benzene rings is 1. The van der Waals surface area contributed by atoms with E-state index in [4.69, 9.17) is 5.73 Å². The van der Waals surface area contributed by atoms with E-state index in [-0.39, 0.29) is 0 Å². The molecule has 0 radical (unpaired) electrons. The Morgan fingerprint density at radius 1 is 1.29 bits per heavy atom. The van der Waals surface area contributed by atoms with Gasteiger partial charge in [-0.1, -0.05) is 6.07 Å². The number of carbonyl (C=O) groups is 1. The van der Waals surface area contributed by atoms with Crippen molar-refractivity contribution in [3.63, 3.8) is 0 Å². The van der Waals surface area contributed by atoms with Crippen molar-refractivity contribution >= 4 is 27.3 Å². The van der Waals surface area contributed by atoms with Gasteiger partial charge in [0.15, 0.2) is 4.75 Å². The van der Waals surface area contributed by atoms with Crippen LogP contribution in [-0.2, 0) is 14.8 Å². The molecule has 1 amide bonds. The fourth-order valence-electron chi connectivity index (χ4n) is 1.75. The van der Waals surface area contributed by atoms with Crippen molar-refractivity contribution in [2.45, 2.75) is 25.5 Å². The summed E-state index contributed by atoms with van der Waals surface area (Å²) in [6, 6.07) is 4.88. The zero-order valence-electron chi connectivity index (χ0n) is 9.89. The highest BCUT2D eigenvalue weighted by Gasteiger charge is 2.61.